The van der Waals surface area contributed by atoms with Crippen molar-refractivity contribution in [3.05, 3.63) is 83.3 Å². The normalized spacial score (nSPS) is 11.5. The number of aromatic amines is 1. The Balaban J connectivity index is 1.46. The molecule has 0 bridgehead atoms. The number of nitrogens with zero attached hydrogens (tertiary/aromatic N) is 2. The molecule has 0 atom stereocenters. The van der Waals surface area contributed by atoms with Gasteiger partial charge in [0.2, 0.25) is 0 Å². The fourth-order valence-corrected chi connectivity index (χ4v) is 3.47. The Hall–Kier alpha value is -4.00. The highest BCUT2D eigenvalue weighted by atomic mass is 16.4. The molecule has 0 saturated carbocycles. The number of nitrogens with one attached hydrogen (secondary N) is 2. The molecule has 0 fully saturated rings. The van der Waals surface area contributed by atoms with Crippen molar-refractivity contribution in [2.45, 2.75) is 32.7 Å². The minimum absolute atomic E-state index is 0.0432. The first-order chi connectivity index (χ1) is 15.2. The minimum Gasteiger partial charge on any atom is -0.477 e. The van der Waals surface area contributed by atoms with Crippen molar-refractivity contribution in [1.82, 2.24) is 20.3 Å². The van der Waals surface area contributed by atoms with Gasteiger partial charge in [-0.15, -0.1) is 0 Å². The van der Waals surface area contributed by atoms with E-state index in [1.807, 2.05) is 48.5 Å². The molecule has 162 valence electrons. The summed E-state index contributed by atoms with van der Waals surface area (Å²) in [6, 6.07) is 16.8. The average molecular weight is 428 g/mol. The number of rotatable bonds is 5. The molecular weight excluding hydrogens is 404 g/mol. The summed E-state index contributed by atoms with van der Waals surface area (Å²) in [6.07, 6.45) is 1.40. The van der Waals surface area contributed by atoms with Crippen LogP contribution < -0.4 is 5.32 Å². The number of hydrogen-bond acceptors (Lipinski definition) is 4. The van der Waals surface area contributed by atoms with E-state index in [0.717, 1.165) is 11.1 Å². The van der Waals surface area contributed by atoms with Crippen LogP contribution in [-0.4, -0.2) is 31.9 Å². The van der Waals surface area contributed by atoms with E-state index in [4.69, 9.17) is 0 Å². The third kappa shape index (κ3) is 4.37. The maximum Gasteiger partial charge on any atom is 0.352 e. The average Bonchev–Trinajstić information content (AvgIpc) is 3.22. The lowest BCUT2D eigenvalue weighted by Crippen LogP contribution is -2.23. The maximum absolute atomic E-state index is 12.5. The first-order valence-corrected chi connectivity index (χ1v) is 10.3. The molecule has 0 unspecified atom stereocenters. The Morgan fingerprint density at radius 1 is 1.00 bits per heavy atom. The van der Waals surface area contributed by atoms with Crippen molar-refractivity contribution in [1.29, 1.82) is 0 Å². The number of H-pyrrole nitrogens is 1. The van der Waals surface area contributed by atoms with Gasteiger partial charge in [-0.25, -0.2) is 14.8 Å². The number of carboxylic acids is 1. The lowest BCUT2D eigenvalue weighted by atomic mass is 9.87. The maximum atomic E-state index is 12.5. The van der Waals surface area contributed by atoms with Crippen LogP contribution in [-0.2, 0) is 12.0 Å². The Bertz CT molecular complexity index is 1280. The Labute approximate surface area is 185 Å². The zero-order chi connectivity index (χ0) is 22.9. The number of hydrogen-bond donors (Lipinski definition) is 3. The second-order valence-electron chi connectivity index (χ2n) is 8.68. The molecule has 2 aromatic heterocycles. The van der Waals surface area contributed by atoms with Crippen LogP contribution in [0.15, 0.2) is 60.9 Å². The first kappa shape index (κ1) is 21.2. The molecule has 4 aromatic rings. The fourth-order valence-electron chi connectivity index (χ4n) is 3.47. The van der Waals surface area contributed by atoms with E-state index in [1.54, 1.807) is 0 Å². The van der Waals surface area contributed by atoms with Crippen molar-refractivity contribution in [2.24, 2.45) is 0 Å². The van der Waals surface area contributed by atoms with Gasteiger partial charge in [0.15, 0.2) is 0 Å². The van der Waals surface area contributed by atoms with Crippen molar-refractivity contribution in [3.8, 4) is 11.3 Å². The molecule has 32 heavy (non-hydrogen) atoms. The summed E-state index contributed by atoms with van der Waals surface area (Å²) in [7, 11) is 0. The van der Waals surface area contributed by atoms with E-state index in [-0.39, 0.29) is 17.0 Å². The highest BCUT2D eigenvalue weighted by Crippen LogP contribution is 2.26. The van der Waals surface area contributed by atoms with E-state index in [2.05, 4.69) is 41.0 Å². The fraction of sp³-hybridized carbons (Fsp3) is 0.200. The van der Waals surface area contributed by atoms with E-state index in [9.17, 15) is 14.7 Å². The van der Waals surface area contributed by atoms with Crippen LogP contribution in [0.25, 0.3) is 22.3 Å². The molecule has 1 amide bonds. The van der Waals surface area contributed by atoms with Gasteiger partial charge in [-0.2, -0.15) is 0 Å². The molecular formula is C25H24N4O3. The van der Waals surface area contributed by atoms with Crippen LogP contribution >= 0.6 is 0 Å². The van der Waals surface area contributed by atoms with E-state index >= 15 is 0 Å². The van der Waals surface area contributed by atoms with Gasteiger partial charge in [-0.1, -0.05) is 57.2 Å². The van der Waals surface area contributed by atoms with Crippen molar-refractivity contribution < 1.29 is 14.7 Å². The van der Waals surface area contributed by atoms with Crippen molar-refractivity contribution in [2.75, 3.05) is 0 Å². The quantitative estimate of drug-likeness (QED) is 0.432. The Kier molecular flexibility index (Phi) is 5.48. The van der Waals surface area contributed by atoms with Gasteiger partial charge in [-0.05, 0) is 34.7 Å². The molecule has 7 nitrogen and oxygen atoms in total. The predicted octanol–water partition coefficient (Wildman–Crippen LogP) is 4.55. The summed E-state index contributed by atoms with van der Waals surface area (Å²) < 4.78 is 0. The Morgan fingerprint density at radius 3 is 2.31 bits per heavy atom. The SMILES string of the molecule is CC(C)(C)c1ccc(C(=O)NCc2ccc(-c3ncnc4[nH]c(C(=O)O)cc34)cc2)cc1. The molecule has 0 aliphatic rings. The molecule has 2 heterocycles. The molecule has 0 aliphatic heterocycles. The topological polar surface area (TPSA) is 108 Å². The third-order valence-corrected chi connectivity index (χ3v) is 5.35. The van der Waals surface area contributed by atoms with E-state index < -0.39 is 5.97 Å². The largest absolute Gasteiger partial charge is 0.477 e. The van der Waals surface area contributed by atoms with Crippen LogP contribution in [0.1, 0.15) is 52.7 Å². The van der Waals surface area contributed by atoms with Crippen LogP contribution in [0.2, 0.25) is 0 Å². The number of aromatic carboxylic acids is 1. The second kappa shape index (κ2) is 8.26. The summed E-state index contributed by atoms with van der Waals surface area (Å²) in [5, 5.41) is 12.8. The minimum atomic E-state index is -1.05. The number of carbonyl (C=O) groups excluding carboxylic acids is 1. The van der Waals surface area contributed by atoms with E-state index in [1.165, 1.54) is 18.0 Å². The standard InChI is InChI=1S/C25H24N4O3/c1-25(2,3)18-10-8-17(9-11-18)23(30)26-13-15-4-6-16(7-5-15)21-19-12-20(24(31)32)29-22(19)28-14-27-21/h4-12,14H,13H2,1-3H3,(H,26,30)(H,31,32)(H,27,28,29). The Morgan fingerprint density at radius 2 is 1.69 bits per heavy atom. The molecule has 4 rings (SSSR count). The monoisotopic (exact) mass is 428 g/mol. The highest BCUT2D eigenvalue weighted by Gasteiger charge is 2.15. The number of fused-ring (bicyclic) bond motifs is 1. The molecule has 0 radical (unpaired) electrons. The van der Waals surface area contributed by atoms with Gasteiger partial charge in [-0.3, -0.25) is 4.79 Å². The van der Waals surface area contributed by atoms with Crippen LogP contribution in [0.4, 0.5) is 0 Å². The molecule has 0 aliphatic carbocycles. The van der Waals surface area contributed by atoms with Crippen LogP contribution in [0.3, 0.4) is 0 Å². The summed E-state index contributed by atoms with van der Waals surface area (Å²) in [4.78, 5) is 34.9. The molecule has 2 aromatic carbocycles. The van der Waals surface area contributed by atoms with Crippen LogP contribution in [0.5, 0.6) is 0 Å². The first-order valence-electron chi connectivity index (χ1n) is 10.3. The summed E-state index contributed by atoms with van der Waals surface area (Å²) in [5.74, 6) is -1.17. The van der Waals surface area contributed by atoms with Gasteiger partial charge in [0.1, 0.15) is 17.7 Å². The van der Waals surface area contributed by atoms with Gasteiger partial charge < -0.3 is 15.4 Å². The number of aromatic nitrogens is 3. The van der Waals surface area contributed by atoms with Crippen molar-refractivity contribution in [3.63, 3.8) is 0 Å². The van der Waals surface area contributed by atoms with Gasteiger partial charge in [0.05, 0.1) is 5.69 Å². The second-order valence-corrected chi connectivity index (χ2v) is 8.68. The zero-order valence-corrected chi connectivity index (χ0v) is 18.1. The number of benzene rings is 2. The molecule has 7 heteroatoms. The number of amides is 1. The summed E-state index contributed by atoms with van der Waals surface area (Å²) >= 11 is 0. The molecule has 3 N–H and O–H groups in total. The smallest absolute Gasteiger partial charge is 0.352 e. The molecule has 0 saturated heterocycles. The van der Waals surface area contributed by atoms with E-state index in [0.29, 0.717) is 28.8 Å². The van der Waals surface area contributed by atoms with Gasteiger partial charge in [0, 0.05) is 23.1 Å². The zero-order valence-electron chi connectivity index (χ0n) is 18.1. The molecule has 0 spiro atoms. The lowest BCUT2D eigenvalue weighted by Gasteiger charge is -2.19. The summed E-state index contributed by atoms with van der Waals surface area (Å²) in [5.41, 5.74) is 4.81. The number of carbonyl (C=O) groups is 2. The van der Waals surface area contributed by atoms with Gasteiger partial charge in [0.25, 0.3) is 5.91 Å². The van der Waals surface area contributed by atoms with Gasteiger partial charge >= 0.3 is 5.97 Å². The highest BCUT2D eigenvalue weighted by molar-refractivity contribution is 5.98. The van der Waals surface area contributed by atoms with Crippen molar-refractivity contribution >= 4 is 22.9 Å². The number of carboxylic acid groups (broad SMARTS) is 1. The summed E-state index contributed by atoms with van der Waals surface area (Å²) in [6.45, 7) is 6.81. The third-order valence-electron chi connectivity index (χ3n) is 5.35. The predicted molar refractivity (Wildman–Crippen MR) is 123 cm³/mol. The van der Waals surface area contributed by atoms with Crippen LogP contribution in [0, 0.1) is 0 Å². The lowest BCUT2D eigenvalue weighted by molar-refractivity contribution is 0.0691.